The fraction of sp³-hybridized carbons (Fsp3) is 0.714. The Morgan fingerprint density at radius 2 is 2.06 bits per heavy atom. The van der Waals surface area contributed by atoms with E-state index in [0.29, 0.717) is 18.0 Å². The molecule has 0 saturated heterocycles. The fourth-order valence-corrected chi connectivity index (χ4v) is 2.37. The summed E-state index contributed by atoms with van der Waals surface area (Å²) in [6.45, 7) is 7.06. The van der Waals surface area contributed by atoms with E-state index < -0.39 is 0 Å². The number of aromatic nitrogens is 2. The van der Waals surface area contributed by atoms with Crippen LogP contribution in [0.1, 0.15) is 50.8 Å². The number of nitrogens with zero attached hydrogens (tertiary/aromatic N) is 2. The molecular weight excluding hydrogens is 226 g/mol. The molecule has 1 heterocycles. The first-order valence-corrected chi connectivity index (χ1v) is 6.69. The summed E-state index contributed by atoms with van der Waals surface area (Å²) in [7, 11) is 0. The smallest absolute Gasteiger partial charge is 0.316 e. The Morgan fingerprint density at radius 1 is 1.39 bits per heavy atom. The Kier molecular flexibility index (Phi) is 3.85. The van der Waals surface area contributed by atoms with E-state index in [1.807, 2.05) is 6.92 Å². The molecule has 4 heteroatoms. The van der Waals surface area contributed by atoms with E-state index in [-0.39, 0.29) is 6.10 Å². The minimum absolute atomic E-state index is 0.265. The molecule has 0 amide bonds. The highest BCUT2D eigenvalue weighted by Crippen LogP contribution is 2.36. The molecule has 0 bridgehead atoms. The summed E-state index contributed by atoms with van der Waals surface area (Å²) < 4.78 is 5.87. The lowest BCUT2D eigenvalue weighted by atomic mass is 9.76. The topological polar surface area (TPSA) is 61.0 Å². The molecule has 1 saturated carbocycles. The van der Waals surface area contributed by atoms with Crippen LogP contribution in [0.15, 0.2) is 6.20 Å². The monoisotopic (exact) mass is 249 g/mol. The summed E-state index contributed by atoms with van der Waals surface area (Å²) in [4.78, 5) is 8.59. The van der Waals surface area contributed by atoms with Gasteiger partial charge in [-0.2, -0.15) is 0 Å². The fourth-order valence-electron chi connectivity index (χ4n) is 2.37. The van der Waals surface area contributed by atoms with Crippen molar-refractivity contribution in [1.82, 2.24) is 9.97 Å². The van der Waals surface area contributed by atoms with Crippen LogP contribution in [0.3, 0.4) is 0 Å². The van der Waals surface area contributed by atoms with E-state index >= 15 is 0 Å². The van der Waals surface area contributed by atoms with Crippen molar-refractivity contribution in [2.75, 3.05) is 0 Å². The molecule has 100 valence electrons. The lowest BCUT2D eigenvalue weighted by Crippen LogP contribution is -2.29. The molecule has 0 aromatic carbocycles. The number of hydrogen-bond donors (Lipinski definition) is 1. The van der Waals surface area contributed by atoms with Crippen LogP contribution in [0.5, 0.6) is 6.01 Å². The van der Waals surface area contributed by atoms with Crippen LogP contribution in [0, 0.1) is 12.3 Å². The van der Waals surface area contributed by atoms with E-state index in [1.165, 1.54) is 12.8 Å². The van der Waals surface area contributed by atoms with Crippen molar-refractivity contribution in [2.45, 2.75) is 59.1 Å². The number of hydrogen-bond acceptors (Lipinski definition) is 4. The molecule has 0 spiro atoms. The molecule has 1 aliphatic rings. The van der Waals surface area contributed by atoms with Gasteiger partial charge in [-0.3, -0.25) is 0 Å². The molecule has 1 aromatic rings. The second-order valence-electron chi connectivity index (χ2n) is 5.95. The van der Waals surface area contributed by atoms with Crippen molar-refractivity contribution in [3.05, 3.63) is 17.5 Å². The summed E-state index contributed by atoms with van der Waals surface area (Å²) in [6, 6.07) is 0.495. The second-order valence-corrected chi connectivity index (χ2v) is 5.95. The standard InChI is InChI=1S/C14H23N3O/c1-10-11(8-15)9-16-13(17-10)18-12-4-6-14(2,3)7-5-12/h9,12H,4-8,15H2,1-3H3. The lowest BCUT2D eigenvalue weighted by Gasteiger charge is -2.33. The zero-order chi connectivity index (χ0) is 13.2. The number of aryl methyl sites for hydroxylation is 1. The minimum atomic E-state index is 0.265. The SMILES string of the molecule is Cc1nc(OC2CCC(C)(C)CC2)ncc1CN. The van der Waals surface area contributed by atoms with Gasteiger partial charge in [-0.05, 0) is 38.0 Å². The molecule has 1 aliphatic carbocycles. The van der Waals surface area contributed by atoms with Crippen molar-refractivity contribution in [2.24, 2.45) is 11.1 Å². The second kappa shape index (κ2) is 5.22. The predicted octanol–water partition coefficient (Wildman–Crippen LogP) is 2.59. The van der Waals surface area contributed by atoms with Crippen molar-refractivity contribution in [3.8, 4) is 6.01 Å². The average molecular weight is 249 g/mol. The maximum Gasteiger partial charge on any atom is 0.316 e. The van der Waals surface area contributed by atoms with Crippen LogP contribution in [0.2, 0.25) is 0 Å². The summed E-state index contributed by atoms with van der Waals surface area (Å²) >= 11 is 0. The van der Waals surface area contributed by atoms with Gasteiger partial charge in [-0.15, -0.1) is 0 Å². The molecular formula is C14H23N3O. The van der Waals surface area contributed by atoms with E-state index in [1.54, 1.807) is 6.20 Å². The Morgan fingerprint density at radius 3 is 2.61 bits per heavy atom. The molecule has 1 aromatic heterocycles. The van der Waals surface area contributed by atoms with Crippen LogP contribution in [-0.4, -0.2) is 16.1 Å². The molecule has 1 fully saturated rings. The van der Waals surface area contributed by atoms with Crippen molar-refractivity contribution >= 4 is 0 Å². The minimum Gasteiger partial charge on any atom is -0.460 e. The first kappa shape index (κ1) is 13.3. The Hall–Kier alpha value is -1.16. The van der Waals surface area contributed by atoms with Crippen LogP contribution in [0.25, 0.3) is 0 Å². The molecule has 4 nitrogen and oxygen atoms in total. The van der Waals surface area contributed by atoms with Crippen LogP contribution < -0.4 is 10.5 Å². The normalized spacial score (nSPS) is 19.8. The Labute approximate surface area is 109 Å². The third-order valence-corrected chi connectivity index (χ3v) is 3.84. The van der Waals surface area contributed by atoms with Crippen LogP contribution in [0.4, 0.5) is 0 Å². The van der Waals surface area contributed by atoms with Gasteiger partial charge in [-0.25, -0.2) is 9.97 Å². The maximum absolute atomic E-state index is 5.87. The highest BCUT2D eigenvalue weighted by Gasteiger charge is 2.28. The Bertz CT molecular complexity index is 408. The predicted molar refractivity (Wildman–Crippen MR) is 71.3 cm³/mol. The van der Waals surface area contributed by atoms with Gasteiger partial charge < -0.3 is 10.5 Å². The van der Waals surface area contributed by atoms with E-state index in [2.05, 4.69) is 23.8 Å². The van der Waals surface area contributed by atoms with Crippen LogP contribution in [-0.2, 0) is 6.54 Å². The number of ether oxygens (including phenoxy) is 1. The third-order valence-electron chi connectivity index (χ3n) is 3.84. The van der Waals surface area contributed by atoms with Crippen molar-refractivity contribution < 1.29 is 4.74 Å². The quantitative estimate of drug-likeness (QED) is 0.894. The number of rotatable bonds is 3. The molecule has 0 radical (unpaired) electrons. The van der Waals surface area contributed by atoms with Gasteiger partial charge in [0.2, 0.25) is 0 Å². The van der Waals surface area contributed by atoms with Gasteiger partial charge in [-0.1, -0.05) is 13.8 Å². The van der Waals surface area contributed by atoms with Gasteiger partial charge in [0.05, 0.1) is 0 Å². The summed E-state index contributed by atoms with van der Waals surface area (Å²) in [5.41, 5.74) is 7.95. The van der Waals surface area contributed by atoms with Crippen LogP contribution >= 0.6 is 0 Å². The van der Waals surface area contributed by atoms with Gasteiger partial charge in [0, 0.05) is 24.0 Å². The maximum atomic E-state index is 5.87. The third kappa shape index (κ3) is 3.19. The molecule has 2 N–H and O–H groups in total. The van der Waals surface area contributed by atoms with E-state index in [0.717, 1.165) is 24.1 Å². The van der Waals surface area contributed by atoms with Gasteiger partial charge in [0.1, 0.15) is 6.10 Å². The van der Waals surface area contributed by atoms with Crippen molar-refractivity contribution in [1.29, 1.82) is 0 Å². The first-order chi connectivity index (χ1) is 8.50. The van der Waals surface area contributed by atoms with E-state index in [9.17, 15) is 0 Å². The van der Waals surface area contributed by atoms with Gasteiger partial charge in [0.15, 0.2) is 0 Å². The molecule has 0 unspecified atom stereocenters. The largest absolute Gasteiger partial charge is 0.460 e. The number of nitrogens with two attached hydrogens (primary N) is 1. The van der Waals surface area contributed by atoms with Gasteiger partial charge >= 0.3 is 6.01 Å². The highest BCUT2D eigenvalue weighted by atomic mass is 16.5. The van der Waals surface area contributed by atoms with Crippen molar-refractivity contribution in [3.63, 3.8) is 0 Å². The molecule has 2 rings (SSSR count). The molecule has 0 aliphatic heterocycles. The summed E-state index contributed by atoms with van der Waals surface area (Å²) in [5, 5.41) is 0. The summed E-state index contributed by atoms with van der Waals surface area (Å²) in [6.07, 6.45) is 6.63. The lowest BCUT2D eigenvalue weighted by molar-refractivity contribution is 0.0904. The molecule has 18 heavy (non-hydrogen) atoms. The highest BCUT2D eigenvalue weighted by molar-refractivity contribution is 5.17. The zero-order valence-corrected chi connectivity index (χ0v) is 11.6. The summed E-state index contributed by atoms with van der Waals surface area (Å²) in [5.74, 6) is 0. The molecule has 0 atom stereocenters. The van der Waals surface area contributed by atoms with Gasteiger partial charge in [0.25, 0.3) is 0 Å². The zero-order valence-electron chi connectivity index (χ0n) is 11.6. The van der Waals surface area contributed by atoms with E-state index in [4.69, 9.17) is 10.5 Å². The average Bonchev–Trinajstić information content (AvgIpc) is 2.32. The Balaban J connectivity index is 1.96. The first-order valence-electron chi connectivity index (χ1n) is 6.69.